The van der Waals surface area contributed by atoms with Crippen molar-refractivity contribution in [3.63, 3.8) is 0 Å². The van der Waals surface area contributed by atoms with Gasteiger partial charge in [0, 0.05) is 44.8 Å². The van der Waals surface area contributed by atoms with Gasteiger partial charge in [-0.2, -0.15) is 4.57 Å². The molecule has 4 rings (SSSR count). The molecule has 1 aromatic heterocycles. The molecule has 39 heavy (non-hydrogen) atoms. The van der Waals surface area contributed by atoms with Gasteiger partial charge in [0.2, 0.25) is 5.91 Å². The van der Waals surface area contributed by atoms with E-state index in [0.29, 0.717) is 40.3 Å². The van der Waals surface area contributed by atoms with Crippen LogP contribution in [0.4, 0.5) is 5.69 Å². The van der Waals surface area contributed by atoms with Crippen molar-refractivity contribution >= 4 is 40.3 Å². The van der Waals surface area contributed by atoms with Gasteiger partial charge in [-0.3, -0.25) is 19.0 Å². The van der Waals surface area contributed by atoms with Crippen molar-refractivity contribution < 1.29 is 14.3 Å². The minimum atomic E-state index is -0.742. The molecule has 204 valence electrons. The number of ether oxygens (including phenoxy) is 1. The molecule has 10 heteroatoms. The maximum Gasteiger partial charge on any atom is 0.338 e. The van der Waals surface area contributed by atoms with E-state index in [0.717, 1.165) is 29.5 Å². The molecule has 2 aromatic carbocycles. The molecule has 3 aromatic rings. The Morgan fingerprint density at radius 1 is 1.05 bits per heavy atom. The van der Waals surface area contributed by atoms with Crippen LogP contribution in [0.5, 0.6) is 0 Å². The molecule has 1 aliphatic heterocycles. The fraction of sp³-hybridized carbons (Fsp3) is 0.345. The van der Waals surface area contributed by atoms with Crippen LogP contribution in [-0.2, 0) is 16.6 Å². The average molecular weight is 532 g/mol. The molecular formula is C29H33N5O5. The average Bonchev–Trinajstić information content (AvgIpc) is 3.08. The number of amides is 1. The lowest BCUT2D eigenvalue weighted by Crippen LogP contribution is -2.44. The number of aromatic nitrogens is 2. The van der Waals surface area contributed by atoms with Gasteiger partial charge in [0.1, 0.15) is 12.4 Å². The number of nitrogens with zero attached hydrogens (tertiary/aromatic N) is 4. The van der Waals surface area contributed by atoms with Gasteiger partial charge in [-0.1, -0.05) is 32.0 Å². The highest BCUT2D eigenvalue weighted by molar-refractivity contribution is 6.05. The minimum absolute atomic E-state index is 0.0288. The monoisotopic (exact) mass is 531 g/mol. The molecule has 0 spiro atoms. The zero-order chi connectivity index (χ0) is 28.3. The SMILES string of the molecule is CCCN(CCC)C(=O)C1=Cc2ccc(-c3ccc4c(=O)n(C(=O)COC)c(=O)n(C)c4c3)cc2N=C(N)C1. The summed E-state index contributed by atoms with van der Waals surface area (Å²) in [6.45, 7) is 5.08. The fourth-order valence-electron chi connectivity index (χ4n) is 4.80. The van der Waals surface area contributed by atoms with Crippen LogP contribution in [0.2, 0.25) is 0 Å². The number of hydrogen-bond acceptors (Lipinski definition) is 7. The first kappa shape index (κ1) is 27.7. The van der Waals surface area contributed by atoms with Crippen LogP contribution in [0.3, 0.4) is 0 Å². The number of carbonyl (C=O) groups excluding carboxylic acids is 2. The van der Waals surface area contributed by atoms with E-state index in [9.17, 15) is 19.2 Å². The molecule has 0 fully saturated rings. The van der Waals surface area contributed by atoms with E-state index >= 15 is 0 Å². The summed E-state index contributed by atoms with van der Waals surface area (Å²) < 4.78 is 6.68. The lowest BCUT2D eigenvalue weighted by Gasteiger charge is -2.22. The number of carbonyl (C=O) groups is 2. The molecule has 2 heterocycles. The van der Waals surface area contributed by atoms with Crippen molar-refractivity contribution in [2.45, 2.75) is 33.1 Å². The van der Waals surface area contributed by atoms with Crippen molar-refractivity contribution in [1.82, 2.24) is 14.0 Å². The third-order valence-electron chi connectivity index (χ3n) is 6.67. The molecule has 0 aliphatic carbocycles. The molecule has 1 amide bonds. The van der Waals surface area contributed by atoms with E-state index in [-0.39, 0.29) is 24.3 Å². The Morgan fingerprint density at radius 2 is 1.72 bits per heavy atom. The van der Waals surface area contributed by atoms with Crippen molar-refractivity contribution in [3.05, 3.63) is 68.4 Å². The number of fused-ring (bicyclic) bond motifs is 2. The van der Waals surface area contributed by atoms with E-state index in [1.54, 1.807) is 18.2 Å². The number of hydrogen-bond donors (Lipinski definition) is 1. The number of benzene rings is 2. The Morgan fingerprint density at radius 3 is 2.38 bits per heavy atom. The van der Waals surface area contributed by atoms with Crippen LogP contribution in [0, 0.1) is 0 Å². The molecular weight excluding hydrogens is 498 g/mol. The van der Waals surface area contributed by atoms with Crippen LogP contribution < -0.4 is 17.0 Å². The van der Waals surface area contributed by atoms with Gasteiger partial charge in [-0.15, -0.1) is 0 Å². The zero-order valence-electron chi connectivity index (χ0n) is 22.7. The number of aryl methyl sites for hydroxylation is 1. The van der Waals surface area contributed by atoms with Gasteiger partial charge >= 0.3 is 5.69 Å². The lowest BCUT2D eigenvalue weighted by atomic mass is 10.00. The maximum absolute atomic E-state index is 13.3. The minimum Gasteiger partial charge on any atom is -0.387 e. The summed E-state index contributed by atoms with van der Waals surface area (Å²) in [5.74, 6) is -0.409. The first-order chi connectivity index (χ1) is 18.7. The van der Waals surface area contributed by atoms with Crippen molar-refractivity contribution in [2.75, 3.05) is 26.8 Å². The number of methoxy groups -OCH3 is 1. The van der Waals surface area contributed by atoms with Crippen molar-refractivity contribution in [3.8, 4) is 11.1 Å². The summed E-state index contributed by atoms with van der Waals surface area (Å²) in [5, 5.41) is 0.233. The molecule has 0 atom stereocenters. The smallest absolute Gasteiger partial charge is 0.338 e. The molecule has 1 aliphatic rings. The summed E-state index contributed by atoms with van der Waals surface area (Å²) in [5.41, 5.74) is 8.73. The van der Waals surface area contributed by atoms with E-state index in [4.69, 9.17) is 10.5 Å². The molecule has 0 bridgehead atoms. The normalized spacial score (nSPS) is 12.9. The molecule has 2 N–H and O–H groups in total. The predicted molar refractivity (Wildman–Crippen MR) is 152 cm³/mol. The summed E-state index contributed by atoms with van der Waals surface area (Å²) >= 11 is 0. The van der Waals surface area contributed by atoms with Crippen LogP contribution in [0.25, 0.3) is 28.1 Å². The summed E-state index contributed by atoms with van der Waals surface area (Å²) in [6, 6.07) is 10.7. The van der Waals surface area contributed by atoms with E-state index in [1.165, 1.54) is 18.7 Å². The third kappa shape index (κ3) is 5.46. The van der Waals surface area contributed by atoms with Gasteiger partial charge in [-0.05, 0) is 48.2 Å². The van der Waals surface area contributed by atoms with Crippen LogP contribution in [-0.4, -0.2) is 58.5 Å². The van der Waals surface area contributed by atoms with E-state index in [2.05, 4.69) is 4.99 Å². The molecule has 0 unspecified atom stereocenters. The summed E-state index contributed by atoms with van der Waals surface area (Å²) in [4.78, 5) is 57.8. The number of rotatable bonds is 8. The maximum atomic E-state index is 13.3. The zero-order valence-corrected chi connectivity index (χ0v) is 22.7. The Hall–Kier alpha value is -4.31. The Bertz CT molecular complexity index is 1620. The van der Waals surface area contributed by atoms with E-state index in [1.807, 2.05) is 43.0 Å². The summed E-state index contributed by atoms with van der Waals surface area (Å²) in [6.07, 6.45) is 3.86. The fourth-order valence-corrected chi connectivity index (χ4v) is 4.80. The largest absolute Gasteiger partial charge is 0.387 e. The Balaban J connectivity index is 1.77. The highest BCUT2D eigenvalue weighted by Crippen LogP contribution is 2.32. The highest BCUT2D eigenvalue weighted by Gasteiger charge is 2.21. The quantitative estimate of drug-likeness (QED) is 0.476. The van der Waals surface area contributed by atoms with Gasteiger partial charge in [-0.25, -0.2) is 9.79 Å². The number of aliphatic imine (C=N–C) groups is 1. The Labute approximate surface area is 226 Å². The van der Waals surface area contributed by atoms with Crippen LogP contribution in [0.1, 0.15) is 43.5 Å². The standard InChI is InChI=1S/C29H33N5O5/c1-5-11-33(12-6-2)27(36)21-13-20-8-7-18(14-23(20)31-25(30)16-21)19-9-10-22-24(15-19)32(3)29(38)34(28(22)37)26(35)17-39-4/h7-10,13-15H,5-6,11-12,16-17H2,1-4H3,(H2,30,31). The predicted octanol–water partition coefficient (Wildman–Crippen LogP) is 3.08. The molecule has 0 saturated heterocycles. The lowest BCUT2D eigenvalue weighted by molar-refractivity contribution is -0.127. The molecule has 0 radical (unpaired) electrons. The highest BCUT2D eigenvalue weighted by atomic mass is 16.5. The van der Waals surface area contributed by atoms with Crippen LogP contribution >= 0.6 is 0 Å². The number of amidine groups is 1. The third-order valence-corrected chi connectivity index (χ3v) is 6.67. The number of nitrogens with two attached hydrogens (primary N) is 1. The van der Waals surface area contributed by atoms with Gasteiger partial charge in [0.25, 0.3) is 11.5 Å². The van der Waals surface area contributed by atoms with Crippen LogP contribution in [0.15, 0.2) is 56.6 Å². The second-order valence-electron chi connectivity index (χ2n) is 9.56. The first-order valence-electron chi connectivity index (χ1n) is 12.9. The first-order valence-corrected chi connectivity index (χ1v) is 12.9. The second-order valence-corrected chi connectivity index (χ2v) is 9.56. The second kappa shape index (κ2) is 11.6. The molecule has 0 saturated carbocycles. The Kier molecular flexibility index (Phi) is 8.25. The summed E-state index contributed by atoms with van der Waals surface area (Å²) in [7, 11) is 2.83. The van der Waals surface area contributed by atoms with Gasteiger partial charge in [0.15, 0.2) is 0 Å². The van der Waals surface area contributed by atoms with Gasteiger partial charge in [0.05, 0.1) is 16.6 Å². The topological polar surface area (TPSA) is 129 Å². The van der Waals surface area contributed by atoms with Crippen molar-refractivity contribution in [1.29, 1.82) is 0 Å². The van der Waals surface area contributed by atoms with E-state index < -0.39 is 17.2 Å². The van der Waals surface area contributed by atoms with Gasteiger partial charge < -0.3 is 15.4 Å². The van der Waals surface area contributed by atoms with Crippen molar-refractivity contribution in [2.24, 2.45) is 17.8 Å². The molecule has 10 nitrogen and oxygen atoms in total.